The fourth-order valence-electron chi connectivity index (χ4n) is 2.91. The van der Waals surface area contributed by atoms with Crippen LogP contribution in [-0.2, 0) is 6.42 Å². The van der Waals surface area contributed by atoms with E-state index in [-0.39, 0.29) is 5.54 Å². The van der Waals surface area contributed by atoms with Crippen molar-refractivity contribution in [2.75, 3.05) is 21.1 Å². The zero-order valence-corrected chi connectivity index (χ0v) is 13.7. The van der Waals surface area contributed by atoms with Crippen molar-refractivity contribution in [3.05, 3.63) is 21.3 Å². The van der Waals surface area contributed by atoms with Crippen LogP contribution in [0, 0.1) is 0 Å². The molecule has 1 N–H and O–H groups in total. The van der Waals surface area contributed by atoms with Gasteiger partial charge in [0.15, 0.2) is 0 Å². The summed E-state index contributed by atoms with van der Waals surface area (Å²) in [6, 6.07) is 4.57. The molecule has 104 valence electrons. The zero-order valence-electron chi connectivity index (χ0n) is 12.1. The minimum Gasteiger partial charge on any atom is -0.315 e. The Balaban J connectivity index is 2.92. The quantitative estimate of drug-likeness (QED) is 0.824. The zero-order chi connectivity index (χ0) is 13.8. The lowest BCUT2D eigenvalue weighted by molar-refractivity contribution is 0.0921. The van der Waals surface area contributed by atoms with Gasteiger partial charge >= 0.3 is 0 Å². The summed E-state index contributed by atoms with van der Waals surface area (Å²) in [5.41, 5.74) is 0.200. The third-order valence-corrected chi connectivity index (χ3v) is 5.40. The smallest absolute Gasteiger partial charge is 0.0931 e. The summed E-state index contributed by atoms with van der Waals surface area (Å²) < 4.78 is 0.878. The second kappa shape index (κ2) is 6.90. The lowest BCUT2D eigenvalue weighted by Crippen LogP contribution is -2.58. The van der Waals surface area contributed by atoms with Gasteiger partial charge in [-0.15, -0.1) is 11.3 Å². The normalized spacial score (nSPS) is 14.2. The molecule has 0 saturated heterocycles. The molecule has 1 atom stereocenters. The van der Waals surface area contributed by atoms with Crippen LogP contribution in [0.1, 0.15) is 31.6 Å². The van der Waals surface area contributed by atoms with E-state index in [4.69, 9.17) is 11.6 Å². The summed E-state index contributed by atoms with van der Waals surface area (Å²) in [7, 11) is 6.42. The number of halogens is 1. The Hall–Kier alpha value is -0.0900. The SMILES string of the molecule is CCC(CC)(C(Cc1ccc(Cl)s1)NC)N(C)C. The number of nitrogens with one attached hydrogen (secondary N) is 1. The highest BCUT2D eigenvalue weighted by Crippen LogP contribution is 2.30. The molecule has 2 nitrogen and oxygen atoms in total. The third-order valence-electron chi connectivity index (χ3n) is 4.15. The van der Waals surface area contributed by atoms with Gasteiger partial charge in [0, 0.05) is 16.5 Å². The average molecular weight is 289 g/mol. The minimum absolute atomic E-state index is 0.200. The first-order valence-corrected chi connectivity index (χ1v) is 7.78. The molecule has 0 aromatic carbocycles. The summed E-state index contributed by atoms with van der Waals surface area (Å²) >= 11 is 7.71. The first-order valence-electron chi connectivity index (χ1n) is 6.59. The van der Waals surface area contributed by atoms with Gasteiger partial charge in [-0.25, -0.2) is 0 Å². The number of hydrogen-bond donors (Lipinski definition) is 1. The van der Waals surface area contributed by atoms with Crippen LogP contribution < -0.4 is 5.32 Å². The Morgan fingerprint density at radius 1 is 1.33 bits per heavy atom. The fraction of sp³-hybridized carbons (Fsp3) is 0.714. The van der Waals surface area contributed by atoms with Crippen LogP contribution in [0.2, 0.25) is 4.34 Å². The second-order valence-electron chi connectivity index (χ2n) is 4.96. The van der Waals surface area contributed by atoms with Crippen molar-refractivity contribution in [1.29, 1.82) is 0 Å². The monoisotopic (exact) mass is 288 g/mol. The molecular formula is C14H25ClN2S. The van der Waals surface area contributed by atoms with Gasteiger partial charge in [0.1, 0.15) is 0 Å². The van der Waals surface area contributed by atoms with Crippen LogP contribution >= 0.6 is 22.9 Å². The molecule has 0 aliphatic carbocycles. The standard InChI is InChI=1S/C14H25ClN2S/c1-6-14(7-2,17(4)5)12(16-3)10-11-8-9-13(15)18-11/h8-9,12,16H,6-7,10H2,1-5H3. The van der Waals surface area contributed by atoms with Gasteiger partial charge < -0.3 is 10.2 Å². The first-order chi connectivity index (χ1) is 8.50. The van der Waals surface area contributed by atoms with Gasteiger partial charge in [0.05, 0.1) is 4.34 Å². The van der Waals surface area contributed by atoms with Crippen LogP contribution in [0.4, 0.5) is 0 Å². The molecule has 1 heterocycles. The Bertz CT molecular complexity index is 358. The predicted molar refractivity (Wildman–Crippen MR) is 82.9 cm³/mol. The molecule has 4 heteroatoms. The molecule has 0 radical (unpaired) electrons. The lowest BCUT2D eigenvalue weighted by atomic mass is 9.81. The van der Waals surface area contributed by atoms with Gasteiger partial charge in [-0.3, -0.25) is 0 Å². The maximum atomic E-state index is 6.02. The summed E-state index contributed by atoms with van der Waals surface area (Å²) in [6.07, 6.45) is 3.32. The van der Waals surface area contributed by atoms with E-state index in [1.54, 1.807) is 11.3 Å². The number of nitrogens with zero attached hydrogens (tertiary/aromatic N) is 1. The van der Waals surface area contributed by atoms with Crippen molar-refractivity contribution < 1.29 is 0 Å². The van der Waals surface area contributed by atoms with Crippen LogP contribution in [-0.4, -0.2) is 37.6 Å². The molecule has 0 fully saturated rings. The van der Waals surface area contributed by atoms with E-state index in [1.807, 2.05) is 6.07 Å². The molecule has 0 spiro atoms. The average Bonchev–Trinajstić information content (AvgIpc) is 2.75. The first kappa shape index (κ1) is 16.0. The van der Waals surface area contributed by atoms with E-state index in [0.717, 1.165) is 23.6 Å². The highest BCUT2D eigenvalue weighted by Gasteiger charge is 2.37. The third kappa shape index (κ3) is 3.27. The molecule has 18 heavy (non-hydrogen) atoms. The molecule has 0 bridgehead atoms. The van der Waals surface area contributed by atoms with E-state index in [9.17, 15) is 0 Å². The van der Waals surface area contributed by atoms with Crippen molar-refractivity contribution >= 4 is 22.9 Å². The minimum atomic E-state index is 0.200. The van der Waals surface area contributed by atoms with Crippen molar-refractivity contribution in [2.24, 2.45) is 0 Å². The maximum absolute atomic E-state index is 6.02. The maximum Gasteiger partial charge on any atom is 0.0931 e. The molecular weight excluding hydrogens is 264 g/mol. The molecule has 0 saturated carbocycles. The number of hydrogen-bond acceptors (Lipinski definition) is 3. The summed E-state index contributed by atoms with van der Waals surface area (Å²) in [6.45, 7) is 4.55. The number of likely N-dealkylation sites (N-methyl/N-ethyl adjacent to an activating group) is 2. The second-order valence-corrected chi connectivity index (χ2v) is 6.76. The van der Waals surface area contributed by atoms with E-state index < -0.39 is 0 Å². The Kier molecular flexibility index (Phi) is 6.12. The Morgan fingerprint density at radius 3 is 2.28 bits per heavy atom. The van der Waals surface area contributed by atoms with Gasteiger partial charge in [-0.2, -0.15) is 0 Å². The van der Waals surface area contributed by atoms with Gasteiger partial charge in [-0.1, -0.05) is 25.4 Å². The summed E-state index contributed by atoms with van der Waals surface area (Å²) in [5.74, 6) is 0. The predicted octanol–water partition coefficient (Wildman–Crippen LogP) is 3.65. The van der Waals surface area contributed by atoms with Gasteiger partial charge in [0.25, 0.3) is 0 Å². The number of thiophene rings is 1. The Morgan fingerprint density at radius 2 is 1.94 bits per heavy atom. The van der Waals surface area contributed by atoms with Crippen LogP contribution in [0.25, 0.3) is 0 Å². The molecule has 0 amide bonds. The van der Waals surface area contributed by atoms with Crippen molar-refractivity contribution in [3.63, 3.8) is 0 Å². The van der Waals surface area contributed by atoms with Crippen LogP contribution in [0.3, 0.4) is 0 Å². The van der Waals surface area contributed by atoms with Crippen molar-refractivity contribution in [1.82, 2.24) is 10.2 Å². The molecule has 1 unspecified atom stereocenters. The molecule has 0 aliphatic heterocycles. The molecule has 1 rings (SSSR count). The van der Waals surface area contributed by atoms with Crippen molar-refractivity contribution in [2.45, 2.75) is 44.7 Å². The van der Waals surface area contributed by atoms with E-state index >= 15 is 0 Å². The number of rotatable bonds is 7. The van der Waals surface area contributed by atoms with Crippen LogP contribution in [0.15, 0.2) is 12.1 Å². The molecule has 1 aromatic rings. The Labute approximate surface area is 120 Å². The lowest BCUT2D eigenvalue weighted by Gasteiger charge is -2.45. The molecule has 0 aliphatic rings. The highest BCUT2D eigenvalue weighted by atomic mass is 35.5. The summed E-state index contributed by atoms with van der Waals surface area (Å²) in [5, 5.41) is 3.51. The van der Waals surface area contributed by atoms with E-state index in [0.29, 0.717) is 6.04 Å². The highest BCUT2D eigenvalue weighted by molar-refractivity contribution is 7.16. The van der Waals surface area contributed by atoms with E-state index in [1.165, 1.54) is 4.88 Å². The fourth-order valence-corrected chi connectivity index (χ4v) is 4.04. The largest absolute Gasteiger partial charge is 0.315 e. The molecule has 1 aromatic heterocycles. The summed E-state index contributed by atoms with van der Waals surface area (Å²) in [4.78, 5) is 3.72. The van der Waals surface area contributed by atoms with Crippen LogP contribution in [0.5, 0.6) is 0 Å². The topological polar surface area (TPSA) is 15.3 Å². The van der Waals surface area contributed by atoms with Gasteiger partial charge in [-0.05, 0) is 52.5 Å². The van der Waals surface area contributed by atoms with E-state index in [2.05, 4.69) is 51.3 Å². The van der Waals surface area contributed by atoms with Crippen molar-refractivity contribution in [3.8, 4) is 0 Å². The van der Waals surface area contributed by atoms with Gasteiger partial charge in [0.2, 0.25) is 0 Å².